The number of nitrogens with zero attached hydrogens (tertiary/aromatic N) is 2. The smallest absolute Gasteiger partial charge is 0.406 e. The summed E-state index contributed by atoms with van der Waals surface area (Å²) in [5.41, 5.74) is 1.47. The topological polar surface area (TPSA) is 35.8 Å². The van der Waals surface area contributed by atoms with Gasteiger partial charge >= 0.3 is 6.36 Å². The van der Waals surface area contributed by atoms with Crippen LogP contribution in [0, 0.1) is 0 Å². The Hall–Kier alpha value is -2.68. The Labute approximate surface area is 151 Å². The first-order valence-corrected chi connectivity index (χ1v) is 7.82. The number of methoxy groups -OCH3 is 1. The Kier molecular flexibility index (Phi) is 4.81. The zero-order chi connectivity index (χ0) is 19.8. The first kappa shape index (κ1) is 19.1. The summed E-state index contributed by atoms with van der Waals surface area (Å²) in [6.07, 6.45) is -2.21. The minimum Gasteiger partial charge on any atom is -0.406 e. The maximum atomic E-state index is 13.8. The monoisotopic (exact) mass is 386 g/mol. The van der Waals surface area contributed by atoms with Crippen molar-refractivity contribution >= 4 is 5.52 Å². The quantitative estimate of drug-likeness (QED) is 0.569. The van der Waals surface area contributed by atoms with Crippen LogP contribution < -0.4 is 4.74 Å². The summed E-state index contributed by atoms with van der Waals surface area (Å²) >= 11 is 0. The van der Waals surface area contributed by atoms with E-state index in [2.05, 4.69) is 9.84 Å². The van der Waals surface area contributed by atoms with Crippen LogP contribution in [0.5, 0.6) is 5.75 Å². The van der Waals surface area contributed by atoms with Gasteiger partial charge in [-0.2, -0.15) is 5.10 Å². The maximum Gasteiger partial charge on any atom is 0.573 e. The van der Waals surface area contributed by atoms with Gasteiger partial charge in [-0.3, -0.25) is 0 Å². The fraction of sp³-hybridized carbons (Fsp3) is 0.278. The summed E-state index contributed by atoms with van der Waals surface area (Å²) in [6, 6.07) is 6.95. The van der Waals surface area contributed by atoms with Gasteiger partial charge in [-0.15, -0.1) is 13.2 Å². The average Bonchev–Trinajstić information content (AvgIpc) is 2.97. The SMILES string of the molecule is COCc1cc(OC(F)(F)F)ccc1-c1ccn2ncc(C(C)(F)F)c2c1. The van der Waals surface area contributed by atoms with E-state index in [0.717, 1.165) is 19.2 Å². The van der Waals surface area contributed by atoms with E-state index in [4.69, 9.17) is 4.74 Å². The van der Waals surface area contributed by atoms with E-state index < -0.39 is 12.3 Å². The van der Waals surface area contributed by atoms with Crippen LogP contribution in [-0.2, 0) is 17.3 Å². The van der Waals surface area contributed by atoms with Gasteiger partial charge in [-0.25, -0.2) is 13.3 Å². The molecule has 2 heterocycles. The van der Waals surface area contributed by atoms with Crippen LogP contribution in [0.3, 0.4) is 0 Å². The summed E-state index contributed by atoms with van der Waals surface area (Å²) < 4.78 is 75.2. The second kappa shape index (κ2) is 6.80. The third-order valence-electron chi connectivity index (χ3n) is 3.92. The Morgan fingerprint density at radius 2 is 1.81 bits per heavy atom. The Morgan fingerprint density at radius 3 is 2.44 bits per heavy atom. The lowest BCUT2D eigenvalue weighted by atomic mass is 9.99. The molecule has 0 atom stereocenters. The van der Waals surface area contributed by atoms with Crippen LogP contribution in [0.2, 0.25) is 0 Å². The largest absolute Gasteiger partial charge is 0.573 e. The molecule has 27 heavy (non-hydrogen) atoms. The standard InChI is InChI=1S/C18H15F5N2O2/c1-17(19,20)15-9-24-25-6-5-11(8-16(15)25)14-4-3-13(27-18(21,22)23)7-12(14)10-26-2/h3-9H,10H2,1-2H3. The van der Waals surface area contributed by atoms with Gasteiger partial charge in [0.2, 0.25) is 0 Å². The third-order valence-corrected chi connectivity index (χ3v) is 3.92. The van der Waals surface area contributed by atoms with Gasteiger partial charge in [0.15, 0.2) is 0 Å². The molecule has 0 bridgehead atoms. The van der Waals surface area contributed by atoms with Gasteiger partial charge in [-0.05, 0) is 41.0 Å². The predicted octanol–water partition coefficient (Wildman–Crippen LogP) is 5.16. The minimum atomic E-state index is -4.82. The van der Waals surface area contributed by atoms with Crippen molar-refractivity contribution in [2.24, 2.45) is 0 Å². The molecular weight excluding hydrogens is 371 g/mol. The molecular formula is C18H15F5N2O2. The van der Waals surface area contributed by atoms with Crippen LogP contribution in [0.4, 0.5) is 22.0 Å². The normalized spacial score (nSPS) is 12.6. The average molecular weight is 386 g/mol. The summed E-state index contributed by atoms with van der Waals surface area (Å²) in [6.45, 7) is 0.794. The van der Waals surface area contributed by atoms with Gasteiger partial charge in [0, 0.05) is 20.2 Å². The Morgan fingerprint density at radius 1 is 1.07 bits per heavy atom. The van der Waals surface area contributed by atoms with Crippen molar-refractivity contribution in [1.29, 1.82) is 0 Å². The first-order chi connectivity index (χ1) is 12.6. The highest BCUT2D eigenvalue weighted by molar-refractivity contribution is 5.73. The van der Waals surface area contributed by atoms with Crippen LogP contribution in [0.15, 0.2) is 42.7 Å². The second-order valence-electron chi connectivity index (χ2n) is 5.99. The number of hydrogen-bond acceptors (Lipinski definition) is 3. The van der Waals surface area contributed by atoms with E-state index in [0.29, 0.717) is 16.7 Å². The van der Waals surface area contributed by atoms with Crippen LogP contribution in [-0.4, -0.2) is 23.1 Å². The van der Waals surface area contributed by atoms with Crippen molar-refractivity contribution in [3.05, 3.63) is 53.9 Å². The van der Waals surface area contributed by atoms with Crippen molar-refractivity contribution in [3.8, 4) is 16.9 Å². The van der Waals surface area contributed by atoms with Crippen molar-refractivity contribution in [3.63, 3.8) is 0 Å². The number of aromatic nitrogens is 2. The summed E-state index contributed by atoms with van der Waals surface area (Å²) in [7, 11) is 1.40. The van der Waals surface area contributed by atoms with E-state index in [1.165, 1.54) is 36.0 Å². The fourth-order valence-electron chi connectivity index (χ4n) is 2.81. The molecule has 0 saturated heterocycles. The summed E-state index contributed by atoms with van der Waals surface area (Å²) in [4.78, 5) is 0. The summed E-state index contributed by atoms with van der Waals surface area (Å²) in [5, 5.41) is 3.90. The highest BCUT2D eigenvalue weighted by atomic mass is 19.4. The molecule has 9 heteroatoms. The molecule has 3 aromatic rings. The van der Waals surface area contributed by atoms with Crippen LogP contribution in [0.25, 0.3) is 16.6 Å². The van der Waals surface area contributed by atoms with Crippen molar-refractivity contribution < 1.29 is 31.4 Å². The van der Waals surface area contributed by atoms with Crippen molar-refractivity contribution in [2.75, 3.05) is 7.11 Å². The van der Waals surface area contributed by atoms with E-state index in [1.54, 1.807) is 6.07 Å². The number of pyridine rings is 1. The Bertz CT molecular complexity index is 961. The molecule has 2 aromatic heterocycles. The molecule has 0 unspecified atom stereocenters. The van der Waals surface area contributed by atoms with Crippen molar-refractivity contribution in [2.45, 2.75) is 25.8 Å². The number of ether oxygens (including phenoxy) is 2. The number of fused-ring (bicyclic) bond motifs is 1. The van der Waals surface area contributed by atoms with E-state index in [1.807, 2.05) is 0 Å². The molecule has 0 radical (unpaired) electrons. The molecule has 3 rings (SSSR count). The molecule has 0 fully saturated rings. The molecule has 0 aliphatic heterocycles. The molecule has 4 nitrogen and oxygen atoms in total. The van der Waals surface area contributed by atoms with Gasteiger partial charge in [-0.1, -0.05) is 6.07 Å². The molecule has 0 amide bonds. The Balaban J connectivity index is 2.09. The minimum absolute atomic E-state index is 0.0195. The molecule has 0 N–H and O–H groups in total. The summed E-state index contributed by atoms with van der Waals surface area (Å²) in [5.74, 6) is -3.47. The fourth-order valence-corrected chi connectivity index (χ4v) is 2.81. The number of alkyl halides is 5. The first-order valence-electron chi connectivity index (χ1n) is 7.82. The van der Waals surface area contributed by atoms with Gasteiger partial charge in [0.1, 0.15) is 5.75 Å². The van der Waals surface area contributed by atoms with E-state index in [9.17, 15) is 22.0 Å². The molecule has 1 aromatic carbocycles. The zero-order valence-corrected chi connectivity index (χ0v) is 14.3. The maximum absolute atomic E-state index is 13.8. The highest BCUT2D eigenvalue weighted by Gasteiger charge is 2.31. The van der Waals surface area contributed by atoms with Gasteiger partial charge in [0.25, 0.3) is 5.92 Å². The van der Waals surface area contributed by atoms with Gasteiger partial charge < -0.3 is 9.47 Å². The lowest BCUT2D eigenvalue weighted by Gasteiger charge is -2.14. The number of benzene rings is 1. The molecule has 144 valence electrons. The lowest BCUT2D eigenvalue weighted by molar-refractivity contribution is -0.274. The second-order valence-corrected chi connectivity index (χ2v) is 5.99. The highest BCUT2D eigenvalue weighted by Crippen LogP contribution is 2.34. The van der Waals surface area contributed by atoms with E-state index in [-0.39, 0.29) is 23.4 Å². The van der Waals surface area contributed by atoms with Gasteiger partial charge in [0.05, 0.1) is 23.9 Å². The molecule has 0 saturated carbocycles. The molecule has 0 spiro atoms. The number of hydrogen-bond donors (Lipinski definition) is 0. The third kappa shape index (κ3) is 4.19. The number of halogens is 5. The number of rotatable bonds is 5. The van der Waals surface area contributed by atoms with Crippen molar-refractivity contribution in [1.82, 2.24) is 9.61 Å². The molecule has 0 aliphatic carbocycles. The zero-order valence-electron chi connectivity index (χ0n) is 14.3. The lowest BCUT2D eigenvalue weighted by Crippen LogP contribution is -2.17. The predicted molar refractivity (Wildman–Crippen MR) is 87.6 cm³/mol. The van der Waals surface area contributed by atoms with Crippen LogP contribution in [0.1, 0.15) is 18.1 Å². The van der Waals surface area contributed by atoms with E-state index >= 15 is 0 Å². The van der Waals surface area contributed by atoms with Crippen LogP contribution >= 0.6 is 0 Å². The molecule has 0 aliphatic rings.